The third kappa shape index (κ3) is 18.0. The fraction of sp³-hybridized carbons (Fsp3) is 0.650. The molecule has 6 heterocycles. The maximum absolute atomic E-state index is 15.2. The van der Waals surface area contributed by atoms with Crippen molar-refractivity contribution in [2.24, 2.45) is 21.5 Å². The van der Waals surface area contributed by atoms with Crippen molar-refractivity contribution in [2.45, 2.75) is 198 Å². The van der Waals surface area contributed by atoms with E-state index in [-0.39, 0.29) is 30.2 Å². The van der Waals surface area contributed by atoms with Crippen molar-refractivity contribution in [1.29, 1.82) is 0 Å². The van der Waals surface area contributed by atoms with E-state index in [4.69, 9.17) is 39.9 Å². The van der Waals surface area contributed by atoms with Crippen LogP contribution < -0.4 is 53.4 Å². The van der Waals surface area contributed by atoms with Crippen LogP contribution in [0.1, 0.15) is 56.6 Å². The van der Waals surface area contributed by atoms with Crippen LogP contribution in [0.4, 0.5) is 0 Å². The highest BCUT2D eigenvalue weighted by Crippen LogP contribution is 2.33. The first-order chi connectivity index (χ1) is 46.7. The van der Waals surface area contributed by atoms with E-state index >= 15 is 9.59 Å². The highest BCUT2D eigenvalue weighted by Gasteiger charge is 2.54. The molecule has 2 aromatic carbocycles. The molecule has 8 rings (SSSR count). The van der Waals surface area contributed by atoms with E-state index in [1.807, 2.05) is 6.92 Å². The Hall–Kier alpha value is -7.61. The van der Waals surface area contributed by atoms with E-state index in [1.54, 1.807) is 37.3 Å². The summed E-state index contributed by atoms with van der Waals surface area (Å²) in [5.74, 6) is -9.75. The van der Waals surface area contributed by atoms with Gasteiger partial charge in [-0.1, -0.05) is 69.2 Å². The number of carbonyl (C=O) groups is 7. The van der Waals surface area contributed by atoms with Gasteiger partial charge >= 0.3 is 5.97 Å². The lowest BCUT2D eigenvalue weighted by Crippen LogP contribution is -2.70. The van der Waals surface area contributed by atoms with Crippen LogP contribution in [-0.2, 0) is 63.7 Å². The number of hydrogen-bond acceptors (Lipinski definition) is 32. The maximum Gasteiger partial charge on any atom is 0.305 e. The van der Waals surface area contributed by atoms with Crippen molar-refractivity contribution in [2.75, 3.05) is 46.1 Å². The number of hydrogen-bond donors (Lipinski definition) is 22. The number of nitrogens with two attached hydrogens (primary N) is 2. The molecule has 98 heavy (non-hydrogen) atoms. The molecule has 24 N–H and O–H groups in total. The van der Waals surface area contributed by atoms with Crippen LogP contribution in [0.2, 0.25) is 0 Å². The first-order valence-corrected chi connectivity index (χ1v) is 31.8. The first kappa shape index (κ1) is 76.1. The van der Waals surface area contributed by atoms with Crippen molar-refractivity contribution in [3.63, 3.8) is 0 Å². The van der Waals surface area contributed by atoms with Crippen LogP contribution in [0.5, 0.6) is 5.75 Å². The van der Waals surface area contributed by atoms with Crippen molar-refractivity contribution in [3.8, 4) is 5.75 Å². The molecule has 25 atom stereocenters. The highest BCUT2D eigenvalue weighted by molar-refractivity contribution is 5.98. The van der Waals surface area contributed by atoms with Crippen molar-refractivity contribution >= 4 is 53.3 Å². The Labute approximate surface area is 559 Å². The molecule has 5 unspecified atom stereocenters. The molecule has 4 fully saturated rings. The number of rotatable bonds is 22. The summed E-state index contributed by atoms with van der Waals surface area (Å²) in [5.41, 5.74) is 13.0. The molecule has 38 nitrogen and oxygen atoms in total. The minimum Gasteiger partial charge on any atom is -0.463 e. The highest BCUT2D eigenvalue weighted by atomic mass is 16.7. The molecule has 2 aromatic rings. The van der Waals surface area contributed by atoms with Crippen molar-refractivity contribution < 1.29 is 128 Å². The lowest BCUT2D eigenvalue weighted by molar-refractivity contribution is -0.352. The fourth-order valence-electron chi connectivity index (χ4n) is 12.0. The van der Waals surface area contributed by atoms with Crippen LogP contribution >= 0.6 is 0 Å². The van der Waals surface area contributed by atoms with Crippen molar-refractivity contribution in [1.82, 2.24) is 42.1 Å². The zero-order valence-electron chi connectivity index (χ0n) is 53.2. The van der Waals surface area contributed by atoms with E-state index in [9.17, 15) is 90.4 Å². The normalized spacial score (nSPS) is 35.6. The van der Waals surface area contributed by atoms with Crippen molar-refractivity contribution in [3.05, 3.63) is 65.7 Å². The summed E-state index contributed by atoms with van der Waals surface area (Å²) >= 11 is 0. The second-order valence-electron chi connectivity index (χ2n) is 24.5. The Bertz CT molecular complexity index is 3110. The largest absolute Gasteiger partial charge is 0.463 e. The summed E-state index contributed by atoms with van der Waals surface area (Å²) in [6, 6.07) is 0.673. The average Bonchev–Trinajstić information content (AvgIpc) is 1.37. The number of benzene rings is 2. The van der Waals surface area contributed by atoms with Gasteiger partial charge in [0.1, 0.15) is 128 Å². The summed E-state index contributed by atoms with van der Waals surface area (Å²) in [7, 11) is 0. The van der Waals surface area contributed by atoms with Crippen LogP contribution in [0, 0.1) is 0 Å². The third-order valence-electron chi connectivity index (χ3n) is 17.7. The molecule has 6 aliphatic heterocycles. The first-order valence-electron chi connectivity index (χ1n) is 31.8. The number of esters is 1. The number of aliphatic imine (C=N–C) groups is 2. The van der Waals surface area contributed by atoms with Gasteiger partial charge in [-0.05, 0) is 29.7 Å². The molecule has 4 saturated heterocycles. The zero-order valence-corrected chi connectivity index (χ0v) is 53.2. The van der Waals surface area contributed by atoms with Gasteiger partial charge in [0.25, 0.3) is 0 Å². The number of ether oxygens (including phenoxy) is 6. The number of guanidine groups is 2. The molecule has 38 heteroatoms. The molecule has 0 spiro atoms. The van der Waals surface area contributed by atoms with Gasteiger partial charge in [0, 0.05) is 18.8 Å². The molecule has 544 valence electrons. The number of carbonyl (C=O) groups excluding carboxylic acids is 7. The van der Waals surface area contributed by atoms with E-state index in [0.717, 1.165) is 11.3 Å². The molecule has 0 radical (unpaired) electrons. The van der Waals surface area contributed by atoms with Gasteiger partial charge < -0.3 is 148 Å². The lowest BCUT2D eigenvalue weighted by Gasteiger charge is -2.46. The Balaban J connectivity index is 1.10. The predicted molar refractivity (Wildman–Crippen MR) is 331 cm³/mol. The van der Waals surface area contributed by atoms with E-state index in [0.29, 0.717) is 18.4 Å². The second-order valence-corrected chi connectivity index (χ2v) is 24.5. The van der Waals surface area contributed by atoms with Gasteiger partial charge in [-0.25, -0.2) is 0 Å². The minimum absolute atomic E-state index is 0.00570. The molecule has 6 aliphatic rings. The second kappa shape index (κ2) is 34.4. The Morgan fingerprint density at radius 1 is 0.622 bits per heavy atom. The quantitative estimate of drug-likeness (QED) is 0.0384. The molecule has 0 bridgehead atoms. The predicted octanol–water partition coefficient (Wildman–Crippen LogP) is -11.5. The summed E-state index contributed by atoms with van der Waals surface area (Å²) in [6.07, 6.45) is -30.0. The molecule has 6 amide bonds. The maximum atomic E-state index is 15.2. The molecule has 0 aromatic heterocycles. The van der Waals surface area contributed by atoms with Crippen LogP contribution in [0.15, 0.2) is 64.6 Å². The van der Waals surface area contributed by atoms with Crippen LogP contribution in [-0.4, -0.2) is 317 Å². The number of aliphatic hydroxyl groups excluding tert-OH is 13. The number of nitrogens with zero attached hydrogens (tertiary/aromatic N) is 3. The Morgan fingerprint density at radius 2 is 1.23 bits per heavy atom. The topological polar surface area (TPSA) is 602 Å². The molecular weight excluding hydrogens is 1300 g/mol. The van der Waals surface area contributed by atoms with Gasteiger partial charge in [0.2, 0.25) is 41.7 Å². The summed E-state index contributed by atoms with van der Waals surface area (Å²) in [6.45, 7) is -1.86. The monoisotopic (exact) mass is 1390 g/mol. The zero-order chi connectivity index (χ0) is 71.4. The third-order valence-corrected chi connectivity index (χ3v) is 17.7. The summed E-state index contributed by atoms with van der Waals surface area (Å²) in [5, 5.41) is 159. The Kier molecular flexibility index (Phi) is 26.8. The van der Waals surface area contributed by atoms with Gasteiger partial charge in [0.15, 0.2) is 24.4 Å². The smallest absolute Gasteiger partial charge is 0.305 e. The SMILES string of the molecule is CCCCCC(=O)OC[C@H]1O[C@H](N2C(N)=NCC2C(O)[C@H]2NC(=O)[C@H](C(O)C3CN=C(N)N3)NC(=O)[C@@H](Cc3ccc(O[C@H]4O[C@H](CO)[C@@H](O[C@H]5O[C@H](CO)[C@@H](O)[C@H](O)[C@@H]5O)[C@H](O)[C@@H]4O)cc3)NC(=O)[C@H](C(C)c3ccccc3)NC(=O)CNC(=O)[C@H](CO)NC2=O)[C@@H](O)[C@@H](O)[C@@H]1O. The van der Waals surface area contributed by atoms with E-state index in [2.05, 4.69) is 47.2 Å². The van der Waals surface area contributed by atoms with Gasteiger partial charge in [-0.3, -0.25) is 43.5 Å². The number of nitrogens with one attached hydrogen (secondary N) is 7. The van der Waals surface area contributed by atoms with Crippen LogP contribution in [0.3, 0.4) is 0 Å². The molecule has 0 saturated carbocycles. The van der Waals surface area contributed by atoms with Crippen LogP contribution in [0.25, 0.3) is 0 Å². The fourth-order valence-corrected chi connectivity index (χ4v) is 12.0. The number of amides is 6. The summed E-state index contributed by atoms with van der Waals surface area (Å²) in [4.78, 5) is 109. The van der Waals surface area contributed by atoms with E-state index in [1.165, 1.54) is 24.3 Å². The van der Waals surface area contributed by atoms with E-state index < -0.39 is 246 Å². The minimum atomic E-state index is -2.37. The average molecular weight is 1390 g/mol. The lowest BCUT2D eigenvalue weighted by atomic mass is 9.92. The van der Waals surface area contributed by atoms with Gasteiger partial charge in [-0.15, -0.1) is 0 Å². The number of unbranched alkanes of at least 4 members (excludes halogenated alkanes) is 2. The summed E-state index contributed by atoms with van der Waals surface area (Å²) < 4.78 is 34.0. The molecular formula is C60H88N12O26. The Morgan fingerprint density at radius 3 is 1.89 bits per heavy atom. The van der Waals surface area contributed by atoms with Gasteiger partial charge in [-0.2, -0.15) is 0 Å². The molecule has 0 aliphatic carbocycles. The number of aliphatic hydroxyl groups is 13. The standard InChI is InChI=1S/C60H88N12O26/c1-3-4-6-11-36(77)93-23-34-43(81)44(82)47(85)56(95-34)72-31(18-65-60(72)62)41(79)39-54(91)67-30(20-73)51(88)63-19-35(76)69-37(24(2)26-9-7-5-8-10-26)53(90)66-28(52(89)70-38(55(92)71-39)40(78)29-17-64-59(61)68-29)16-25-12-14-27(15-13-25)94-57-49(87)46(84)50(33(22-75)97-57)98-58-48(86)45(83)42(80)32(21-74)96-58/h5,7-10,12-15,24,28-34,37-50,56-58,73-75,78-87H,3-4,6,11,16-23H2,1-2H3,(H2,62,65)(H,63,88)(H,66,90)(H,67,91)(H,69,76)(H,70,89)(H,71,92)(H3,61,64,68)/t24?,28-,29?,30+,31?,32-,33-,34-,37+,38+,39-,40?,41?,42-,43-,44+,45+,46-,47+,48+,49+,50-,56+,57+,58-/m1/s1. The van der Waals surface area contributed by atoms with Gasteiger partial charge in [0.05, 0.1) is 51.5 Å².